The Morgan fingerprint density at radius 1 is 0.353 bits per heavy atom. The molecule has 0 unspecified atom stereocenters. The van der Waals surface area contributed by atoms with Gasteiger partial charge in [-0.25, -0.2) is 0 Å². The van der Waals surface area contributed by atoms with Crippen LogP contribution in [0.3, 0.4) is 0 Å². The van der Waals surface area contributed by atoms with Crippen LogP contribution in [-0.4, -0.2) is 66.5 Å². The number of carboxylic acid groups (broad SMARTS) is 6. The van der Waals surface area contributed by atoms with Gasteiger partial charge in [-0.3, -0.25) is 28.8 Å². The van der Waals surface area contributed by atoms with Crippen LogP contribution in [0.1, 0.15) is 155 Å². The average Bonchev–Trinajstić information content (AvgIpc) is 3.01. The molecule has 0 aromatic heterocycles. The molecule has 0 aliphatic carbocycles. The summed E-state index contributed by atoms with van der Waals surface area (Å²) in [6.45, 7) is 4.39. The molecular formula is C36H60O12Zn3. The third kappa shape index (κ3) is 24.9. The molecule has 6 N–H and O–H groups in total. The normalized spacial score (nSPS) is 11.0. The van der Waals surface area contributed by atoms with Crippen molar-refractivity contribution in [2.24, 2.45) is 10.8 Å². The van der Waals surface area contributed by atoms with Gasteiger partial charge in [0, 0.05) is 58.4 Å². The Bertz CT molecular complexity index is 879. The first kappa shape index (κ1) is 58.5. The summed E-state index contributed by atoms with van der Waals surface area (Å²) < 4.78 is 0. The summed E-state index contributed by atoms with van der Waals surface area (Å²) in [5.41, 5.74) is -5.78. The molecule has 12 nitrogen and oxygen atoms in total. The molecule has 0 saturated heterocycles. The Morgan fingerprint density at radius 3 is 0.706 bits per heavy atom. The largest absolute Gasteiger partial charge is 0.480 e. The number of carbonyl (C=O) groups is 6. The van der Waals surface area contributed by atoms with Gasteiger partial charge in [0.25, 0.3) is 10.8 Å². The summed E-state index contributed by atoms with van der Waals surface area (Å²) in [4.78, 5) is 66.1. The van der Waals surface area contributed by atoms with Gasteiger partial charge in [-0.2, -0.15) is 0 Å². The minimum atomic E-state index is -2.89. The monoisotopic (exact) mass is 876 g/mol. The van der Waals surface area contributed by atoms with Gasteiger partial charge >= 0.3 is 35.8 Å². The van der Waals surface area contributed by atoms with Crippen LogP contribution < -0.4 is 0 Å². The van der Waals surface area contributed by atoms with Gasteiger partial charge < -0.3 is 30.6 Å². The molecule has 0 saturated carbocycles. The molecule has 0 spiro atoms. The number of hydrogen-bond donors (Lipinski definition) is 6. The van der Waals surface area contributed by atoms with Gasteiger partial charge in [-0.1, -0.05) is 142 Å². The third-order valence-corrected chi connectivity index (χ3v) is 8.21. The second kappa shape index (κ2) is 36.5. The maximum Gasteiger partial charge on any atom is 0.336 e. The fraction of sp³-hybridized carbons (Fsp3) is 0.722. The average molecular weight is 881 g/mol. The Hall–Kier alpha value is -1.83. The summed E-state index contributed by atoms with van der Waals surface area (Å²) in [6, 6.07) is 0. The van der Waals surface area contributed by atoms with Crippen LogP contribution in [0.15, 0.2) is 24.3 Å². The van der Waals surface area contributed by atoms with Crippen molar-refractivity contribution in [3.05, 3.63) is 24.3 Å². The third-order valence-electron chi connectivity index (χ3n) is 8.21. The van der Waals surface area contributed by atoms with E-state index in [0.717, 1.165) is 50.7 Å². The molecule has 0 aliphatic heterocycles. The zero-order valence-corrected chi connectivity index (χ0v) is 40.0. The van der Waals surface area contributed by atoms with Crippen LogP contribution in [0.5, 0.6) is 0 Å². The predicted molar refractivity (Wildman–Crippen MR) is 182 cm³/mol. The zero-order valence-electron chi connectivity index (χ0n) is 31.1. The second-order valence-electron chi connectivity index (χ2n) is 12.2. The zero-order chi connectivity index (χ0) is 36.8. The van der Waals surface area contributed by atoms with E-state index in [1.807, 2.05) is 0 Å². The molecule has 0 bridgehead atoms. The molecule has 15 heteroatoms. The molecule has 0 radical (unpaired) electrons. The van der Waals surface area contributed by atoms with Gasteiger partial charge in [0.2, 0.25) is 0 Å². The van der Waals surface area contributed by atoms with E-state index in [-0.39, 0.29) is 58.4 Å². The fourth-order valence-corrected chi connectivity index (χ4v) is 5.00. The molecular weight excluding hydrogens is 821 g/mol. The van der Waals surface area contributed by atoms with E-state index < -0.39 is 46.6 Å². The predicted octanol–water partition coefficient (Wildman–Crippen LogP) is 8.18. The van der Waals surface area contributed by atoms with Crippen molar-refractivity contribution in [2.75, 3.05) is 0 Å². The number of unbranched alkanes of at least 4 members (excludes halogenated alkanes) is 20. The van der Waals surface area contributed by atoms with Crippen LogP contribution >= 0.6 is 0 Å². The van der Waals surface area contributed by atoms with Gasteiger partial charge in [0.1, 0.15) is 0 Å². The standard InChI is InChI=1S/2C18H30O6.3Zn/c2*1-2-3-4-5-6-7-8-9-10-11-12-13-14-18(15(19)20,16(21)22)17(23)24;;;/h2*13-14H,2-12H2,1H3,(H,19,20)(H,21,22)(H,23,24);;;. The van der Waals surface area contributed by atoms with E-state index in [4.69, 9.17) is 30.6 Å². The van der Waals surface area contributed by atoms with Crippen molar-refractivity contribution in [2.45, 2.75) is 155 Å². The SMILES string of the molecule is CCCCCCCCCCCCC=CC(C(=O)O)(C(=O)O)C(=O)O.CCCCCCCCCCCCC=CC(C(=O)O)(C(=O)O)C(=O)O.[Zn].[Zn].[Zn]. The van der Waals surface area contributed by atoms with Gasteiger partial charge in [0.15, 0.2) is 0 Å². The number of carboxylic acids is 6. The van der Waals surface area contributed by atoms with Crippen molar-refractivity contribution < 1.29 is 118 Å². The topological polar surface area (TPSA) is 224 Å². The van der Waals surface area contributed by atoms with E-state index in [2.05, 4.69) is 13.8 Å². The molecule has 282 valence electrons. The summed E-state index contributed by atoms with van der Waals surface area (Å²) in [5.74, 6) is -11.3. The number of rotatable bonds is 30. The fourth-order valence-electron chi connectivity index (χ4n) is 5.00. The van der Waals surface area contributed by atoms with Gasteiger partial charge in [-0.05, 0) is 37.8 Å². The second-order valence-corrected chi connectivity index (χ2v) is 12.2. The number of aliphatic carboxylic acids is 6. The first-order chi connectivity index (χ1) is 22.8. The molecule has 0 atom stereocenters. The van der Waals surface area contributed by atoms with Crippen molar-refractivity contribution in [3.8, 4) is 0 Å². The maximum absolute atomic E-state index is 11.0. The van der Waals surface area contributed by atoms with E-state index in [9.17, 15) is 28.8 Å². The molecule has 0 aliphatic rings. The molecule has 0 heterocycles. The van der Waals surface area contributed by atoms with Crippen LogP contribution in [0.25, 0.3) is 0 Å². The van der Waals surface area contributed by atoms with Crippen LogP contribution in [0.4, 0.5) is 0 Å². The van der Waals surface area contributed by atoms with Gasteiger partial charge in [-0.15, -0.1) is 0 Å². The van der Waals surface area contributed by atoms with Crippen molar-refractivity contribution in [1.29, 1.82) is 0 Å². The van der Waals surface area contributed by atoms with Crippen LogP contribution in [0, 0.1) is 10.8 Å². The molecule has 0 amide bonds. The first-order valence-electron chi connectivity index (χ1n) is 17.5. The van der Waals surface area contributed by atoms with Crippen LogP contribution in [0.2, 0.25) is 0 Å². The Morgan fingerprint density at radius 2 is 0.529 bits per heavy atom. The van der Waals surface area contributed by atoms with Crippen LogP contribution in [-0.2, 0) is 87.2 Å². The smallest absolute Gasteiger partial charge is 0.336 e. The first-order valence-corrected chi connectivity index (χ1v) is 17.5. The van der Waals surface area contributed by atoms with E-state index in [1.165, 1.54) is 102 Å². The minimum Gasteiger partial charge on any atom is -0.480 e. The van der Waals surface area contributed by atoms with Crippen molar-refractivity contribution >= 4 is 35.8 Å². The Kier molecular flexibility index (Phi) is 41.9. The molecule has 0 aromatic carbocycles. The molecule has 0 aromatic rings. The summed E-state index contributed by atoms with van der Waals surface area (Å²) in [7, 11) is 0. The minimum absolute atomic E-state index is 0. The Labute approximate surface area is 342 Å². The maximum atomic E-state index is 11.0. The molecule has 0 rings (SSSR count). The van der Waals surface area contributed by atoms with E-state index in [1.54, 1.807) is 0 Å². The number of hydrogen-bond acceptors (Lipinski definition) is 6. The summed E-state index contributed by atoms with van der Waals surface area (Å²) >= 11 is 0. The Balaban J connectivity index is -0.000000261. The van der Waals surface area contributed by atoms with Crippen molar-refractivity contribution in [3.63, 3.8) is 0 Å². The summed E-state index contributed by atoms with van der Waals surface area (Å²) in [5, 5.41) is 53.6. The quantitative estimate of drug-likeness (QED) is 0.0174. The number of allylic oxidation sites excluding steroid dienone is 2. The molecule has 0 fully saturated rings. The van der Waals surface area contributed by atoms with E-state index >= 15 is 0 Å². The summed E-state index contributed by atoms with van der Waals surface area (Å²) in [6.07, 6.45) is 28.5. The van der Waals surface area contributed by atoms with Gasteiger partial charge in [0.05, 0.1) is 0 Å². The van der Waals surface area contributed by atoms with Crippen molar-refractivity contribution in [1.82, 2.24) is 0 Å². The van der Waals surface area contributed by atoms with E-state index in [0.29, 0.717) is 12.8 Å². The molecule has 51 heavy (non-hydrogen) atoms.